The quantitative estimate of drug-likeness (QED) is 0.0274. The zero-order chi connectivity index (χ0) is 43.6. The lowest BCUT2D eigenvalue weighted by atomic mass is 10.0. The topological polar surface area (TPSA) is 108 Å². The van der Waals surface area contributed by atoms with Crippen molar-refractivity contribution in [2.75, 3.05) is 40.9 Å². The van der Waals surface area contributed by atoms with Crippen LogP contribution in [-0.4, -0.2) is 68.5 Å². The van der Waals surface area contributed by atoms with E-state index >= 15 is 0 Å². The Labute approximate surface area is 365 Å². The van der Waals surface area contributed by atoms with Gasteiger partial charge in [0.15, 0.2) is 0 Å². The SMILES string of the molecule is CC/C=C/CC/C=C/CC/C=C/C(O)C(COP(=O)([O-])OCC[N+](C)(C)C)NC(=O)CCCCCCCCCCCCC/C=C\CCCCCCCCCCCCCC. The standard InChI is InChI=1S/C50H95N2O6P/c1-6-8-10-12-14-16-18-19-20-21-22-23-24-25-26-27-28-29-30-31-32-33-34-36-38-40-42-44-50(54)51-48(47-58-59(55,56)57-46-45-52(3,4)5)49(53)43-41-39-37-35-17-15-13-11-9-7-2/h9,11,17,25-26,35,41,43,48-49,53H,6-8,10,12-16,18-24,27-34,36-40,42,44-47H2,1-5H3,(H-,51,54,55,56)/b11-9+,26-25-,35-17+,43-41+. The summed E-state index contributed by atoms with van der Waals surface area (Å²) < 4.78 is 23.1. The molecule has 3 unspecified atom stereocenters. The van der Waals surface area contributed by atoms with E-state index in [0.29, 0.717) is 17.4 Å². The minimum absolute atomic E-state index is 0.0101. The van der Waals surface area contributed by atoms with Crippen LogP contribution in [0.3, 0.4) is 0 Å². The average Bonchev–Trinajstić information content (AvgIpc) is 3.19. The van der Waals surface area contributed by atoms with Gasteiger partial charge in [0, 0.05) is 6.42 Å². The molecule has 0 bridgehead atoms. The molecule has 9 heteroatoms. The highest BCUT2D eigenvalue weighted by atomic mass is 31.2. The molecule has 0 saturated heterocycles. The van der Waals surface area contributed by atoms with Crippen molar-refractivity contribution in [1.82, 2.24) is 5.32 Å². The first-order valence-corrected chi connectivity index (χ1v) is 26.0. The maximum Gasteiger partial charge on any atom is 0.268 e. The fourth-order valence-corrected chi connectivity index (χ4v) is 7.62. The lowest BCUT2D eigenvalue weighted by Gasteiger charge is -2.29. The molecule has 0 radical (unpaired) electrons. The number of rotatable bonds is 44. The number of nitrogens with one attached hydrogen (secondary N) is 1. The number of phosphoric ester groups is 1. The van der Waals surface area contributed by atoms with Crippen LogP contribution in [0.2, 0.25) is 0 Å². The van der Waals surface area contributed by atoms with Gasteiger partial charge in [-0.1, -0.05) is 191 Å². The summed E-state index contributed by atoms with van der Waals surface area (Å²) in [6.07, 6.45) is 53.4. The number of unbranched alkanes of at least 4 members (excludes halogenated alkanes) is 25. The summed E-state index contributed by atoms with van der Waals surface area (Å²) in [6, 6.07) is -0.908. The van der Waals surface area contributed by atoms with E-state index in [4.69, 9.17) is 9.05 Å². The number of nitrogens with zero attached hydrogens (tertiary/aromatic N) is 1. The van der Waals surface area contributed by atoms with Gasteiger partial charge >= 0.3 is 0 Å². The number of carbonyl (C=O) groups is 1. The largest absolute Gasteiger partial charge is 0.756 e. The predicted octanol–water partition coefficient (Wildman–Crippen LogP) is 13.4. The molecule has 0 aliphatic heterocycles. The highest BCUT2D eigenvalue weighted by Gasteiger charge is 2.23. The Morgan fingerprint density at radius 1 is 0.593 bits per heavy atom. The zero-order valence-corrected chi connectivity index (χ0v) is 40.1. The van der Waals surface area contributed by atoms with E-state index in [-0.39, 0.29) is 12.5 Å². The Kier molecular flexibility index (Phi) is 40.7. The monoisotopic (exact) mass is 851 g/mol. The summed E-state index contributed by atoms with van der Waals surface area (Å²) in [5.41, 5.74) is 0. The molecule has 8 nitrogen and oxygen atoms in total. The van der Waals surface area contributed by atoms with Crippen molar-refractivity contribution in [1.29, 1.82) is 0 Å². The zero-order valence-electron chi connectivity index (χ0n) is 39.2. The summed E-state index contributed by atoms with van der Waals surface area (Å²) in [4.78, 5) is 25.3. The van der Waals surface area contributed by atoms with E-state index in [0.717, 1.165) is 51.4 Å². The van der Waals surface area contributed by atoms with E-state index in [2.05, 4.69) is 55.6 Å². The van der Waals surface area contributed by atoms with Crippen LogP contribution in [0.25, 0.3) is 0 Å². The molecule has 3 atom stereocenters. The molecule has 0 aliphatic carbocycles. The van der Waals surface area contributed by atoms with E-state index in [1.54, 1.807) is 6.08 Å². The van der Waals surface area contributed by atoms with Gasteiger partial charge in [0.25, 0.3) is 7.82 Å². The molecular weight excluding hydrogens is 756 g/mol. The lowest BCUT2D eigenvalue weighted by Crippen LogP contribution is -2.45. The summed E-state index contributed by atoms with van der Waals surface area (Å²) in [5.74, 6) is -0.215. The average molecular weight is 851 g/mol. The third-order valence-corrected chi connectivity index (χ3v) is 11.7. The van der Waals surface area contributed by atoms with Crippen molar-refractivity contribution in [2.24, 2.45) is 0 Å². The van der Waals surface area contributed by atoms with Gasteiger partial charge in [-0.05, 0) is 64.2 Å². The number of hydrogen-bond acceptors (Lipinski definition) is 6. The molecule has 0 rings (SSSR count). The first-order chi connectivity index (χ1) is 28.5. The molecule has 0 saturated carbocycles. The number of aliphatic hydroxyl groups excluding tert-OH is 1. The Morgan fingerprint density at radius 2 is 1.00 bits per heavy atom. The van der Waals surface area contributed by atoms with Crippen LogP contribution in [-0.2, 0) is 18.4 Å². The molecule has 346 valence electrons. The van der Waals surface area contributed by atoms with E-state index in [9.17, 15) is 19.4 Å². The third kappa shape index (κ3) is 44.3. The maximum atomic E-state index is 12.8. The van der Waals surface area contributed by atoms with E-state index in [1.165, 1.54) is 141 Å². The molecule has 59 heavy (non-hydrogen) atoms. The van der Waals surface area contributed by atoms with Gasteiger partial charge in [-0.25, -0.2) is 0 Å². The van der Waals surface area contributed by atoms with Gasteiger partial charge in [0.2, 0.25) is 5.91 Å². The maximum absolute atomic E-state index is 12.8. The van der Waals surface area contributed by atoms with Gasteiger partial charge in [0.05, 0.1) is 39.9 Å². The molecule has 0 spiro atoms. The number of hydrogen-bond donors (Lipinski definition) is 2. The fraction of sp³-hybridized carbons (Fsp3) is 0.820. The number of likely N-dealkylation sites (N-methyl/N-ethyl adjacent to an activating group) is 1. The number of quaternary nitrogens is 1. The van der Waals surface area contributed by atoms with Crippen LogP contribution in [0.5, 0.6) is 0 Å². The molecule has 1 amide bonds. The van der Waals surface area contributed by atoms with Crippen LogP contribution < -0.4 is 10.2 Å². The van der Waals surface area contributed by atoms with Gasteiger partial charge < -0.3 is 28.8 Å². The van der Waals surface area contributed by atoms with E-state index < -0.39 is 26.6 Å². The van der Waals surface area contributed by atoms with E-state index in [1.807, 2.05) is 27.2 Å². The summed E-state index contributed by atoms with van der Waals surface area (Å²) in [5, 5.41) is 13.7. The van der Waals surface area contributed by atoms with Crippen molar-refractivity contribution < 1.29 is 32.9 Å². The third-order valence-electron chi connectivity index (χ3n) is 10.8. The first kappa shape index (κ1) is 57.5. The second-order valence-electron chi connectivity index (χ2n) is 17.8. The summed E-state index contributed by atoms with van der Waals surface area (Å²) >= 11 is 0. The van der Waals surface area contributed by atoms with Gasteiger partial charge in [-0.15, -0.1) is 0 Å². The van der Waals surface area contributed by atoms with Crippen molar-refractivity contribution in [3.05, 3.63) is 48.6 Å². The van der Waals surface area contributed by atoms with Crippen LogP contribution in [0.1, 0.15) is 213 Å². The highest BCUT2D eigenvalue weighted by molar-refractivity contribution is 7.45. The molecule has 0 aromatic carbocycles. The van der Waals surface area contributed by atoms with Crippen molar-refractivity contribution >= 4 is 13.7 Å². The second kappa shape index (κ2) is 41.8. The first-order valence-electron chi connectivity index (χ1n) is 24.5. The summed E-state index contributed by atoms with van der Waals surface area (Å²) in [7, 11) is 1.23. The molecule has 0 aliphatic rings. The normalized spacial score (nSPS) is 14.6. The minimum atomic E-state index is -4.60. The lowest BCUT2D eigenvalue weighted by molar-refractivity contribution is -0.870. The van der Waals surface area contributed by atoms with Gasteiger partial charge in [-0.3, -0.25) is 9.36 Å². The Bertz CT molecular complexity index is 1100. The van der Waals surface area contributed by atoms with Gasteiger partial charge in [0.1, 0.15) is 13.2 Å². The van der Waals surface area contributed by atoms with Crippen LogP contribution in [0.15, 0.2) is 48.6 Å². The number of carbonyl (C=O) groups excluding carboxylic acids is 1. The molecule has 0 heterocycles. The Morgan fingerprint density at radius 3 is 1.46 bits per heavy atom. The molecule has 0 aromatic rings. The molecule has 0 fully saturated rings. The molecule has 2 N–H and O–H groups in total. The van der Waals surface area contributed by atoms with Crippen LogP contribution in [0, 0.1) is 0 Å². The summed E-state index contributed by atoms with van der Waals surface area (Å²) in [6.45, 7) is 4.49. The van der Waals surface area contributed by atoms with Crippen LogP contribution >= 0.6 is 7.82 Å². The highest BCUT2D eigenvalue weighted by Crippen LogP contribution is 2.38. The smallest absolute Gasteiger partial charge is 0.268 e. The second-order valence-corrected chi connectivity index (χ2v) is 19.2. The fourth-order valence-electron chi connectivity index (χ4n) is 6.89. The number of phosphoric acid groups is 1. The Hall–Kier alpha value is -1.54. The van der Waals surface area contributed by atoms with Crippen LogP contribution in [0.4, 0.5) is 0 Å². The van der Waals surface area contributed by atoms with Gasteiger partial charge in [-0.2, -0.15) is 0 Å². The number of aliphatic hydroxyl groups is 1. The number of amides is 1. The Balaban J connectivity index is 4.13. The van der Waals surface area contributed by atoms with Crippen molar-refractivity contribution in [3.63, 3.8) is 0 Å². The van der Waals surface area contributed by atoms with Crippen molar-refractivity contribution in [2.45, 2.75) is 225 Å². The predicted molar refractivity (Wildman–Crippen MR) is 251 cm³/mol. The molecule has 0 aromatic heterocycles. The minimum Gasteiger partial charge on any atom is -0.756 e. The molecular formula is C50H95N2O6P. The number of allylic oxidation sites excluding steroid dienone is 7. The van der Waals surface area contributed by atoms with Crippen molar-refractivity contribution in [3.8, 4) is 0 Å².